The van der Waals surface area contributed by atoms with Crippen molar-refractivity contribution in [1.29, 1.82) is 0 Å². The van der Waals surface area contributed by atoms with E-state index >= 15 is 0 Å². The molecule has 5 aromatic rings. The molecule has 10 heteroatoms. The summed E-state index contributed by atoms with van der Waals surface area (Å²) in [6.07, 6.45) is -4.49. The van der Waals surface area contributed by atoms with Crippen molar-refractivity contribution in [2.45, 2.75) is 20.0 Å². The number of esters is 1. The average molecular weight is 599 g/mol. The van der Waals surface area contributed by atoms with E-state index in [1.807, 2.05) is 74.4 Å². The topological polar surface area (TPSA) is 76.5 Å². The molecule has 0 unspecified atom stereocenters. The number of hydrogen-bond acceptors (Lipinski definition) is 5. The minimum absolute atomic E-state index is 0.0849. The Bertz CT molecular complexity index is 1830. The molecule has 44 heavy (non-hydrogen) atoms. The third-order valence-corrected chi connectivity index (χ3v) is 6.87. The van der Waals surface area contributed by atoms with Crippen molar-refractivity contribution in [3.63, 3.8) is 0 Å². The van der Waals surface area contributed by atoms with Gasteiger partial charge in [-0.1, -0.05) is 36.4 Å². The lowest BCUT2D eigenvalue weighted by atomic mass is 10.0. The molecular formula is C34H29F3N4O3. The largest absolute Gasteiger partial charge is 0.416 e. The summed E-state index contributed by atoms with van der Waals surface area (Å²) in [5.74, 6) is -0.843. The molecule has 0 aliphatic heterocycles. The van der Waals surface area contributed by atoms with Crippen LogP contribution in [0.4, 0.5) is 24.5 Å². The minimum Gasteiger partial charge on any atom is -0.407 e. The molecule has 1 amide bonds. The van der Waals surface area contributed by atoms with Crippen LogP contribution >= 0.6 is 0 Å². The lowest BCUT2D eigenvalue weighted by Crippen LogP contribution is -2.12. The van der Waals surface area contributed by atoms with E-state index in [1.54, 1.807) is 28.9 Å². The Hall–Kier alpha value is -5.38. The van der Waals surface area contributed by atoms with E-state index in [0.29, 0.717) is 28.2 Å². The second kappa shape index (κ2) is 12.1. The van der Waals surface area contributed by atoms with Crippen molar-refractivity contribution in [2.75, 3.05) is 24.3 Å². The van der Waals surface area contributed by atoms with E-state index in [-0.39, 0.29) is 11.4 Å². The molecule has 0 spiro atoms. The number of benzene rings is 4. The maximum absolute atomic E-state index is 12.9. The first-order valence-corrected chi connectivity index (χ1v) is 13.7. The van der Waals surface area contributed by atoms with E-state index in [2.05, 4.69) is 5.32 Å². The molecule has 0 aliphatic carbocycles. The Morgan fingerprint density at radius 2 is 1.55 bits per heavy atom. The molecule has 7 nitrogen and oxygen atoms in total. The number of nitrogens with one attached hydrogen (secondary N) is 1. The normalized spacial score (nSPS) is 11.2. The van der Waals surface area contributed by atoms with Gasteiger partial charge in [0, 0.05) is 43.5 Å². The number of amides is 1. The molecule has 0 saturated carbocycles. The van der Waals surface area contributed by atoms with Crippen LogP contribution in [0.15, 0.2) is 97.1 Å². The first-order valence-electron chi connectivity index (χ1n) is 13.7. The summed E-state index contributed by atoms with van der Waals surface area (Å²) in [6.45, 7) is 3.28. The number of aryl methyl sites for hydroxylation is 1. The molecular weight excluding hydrogens is 569 g/mol. The predicted molar refractivity (Wildman–Crippen MR) is 164 cm³/mol. The van der Waals surface area contributed by atoms with Gasteiger partial charge in [-0.05, 0) is 78.7 Å². The van der Waals surface area contributed by atoms with Gasteiger partial charge >= 0.3 is 12.1 Å². The highest BCUT2D eigenvalue weighted by Crippen LogP contribution is 2.42. The van der Waals surface area contributed by atoms with Crippen LogP contribution < -0.4 is 15.0 Å². The fraction of sp³-hybridized carbons (Fsp3) is 0.147. The highest BCUT2D eigenvalue weighted by atomic mass is 19.4. The van der Waals surface area contributed by atoms with Gasteiger partial charge < -0.3 is 15.0 Å². The van der Waals surface area contributed by atoms with Gasteiger partial charge in [0.25, 0.3) is 5.91 Å². The number of alkyl halides is 3. The first kappa shape index (κ1) is 30.1. The number of carbonyl (C=O) groups excluding carboxylic acids is 2. The third-order valence-electron chi connectivity index (χ3n) is 6.87. The second-order valence-electron chi connectivity index (χ2n) is 10.4. The molecule has 1 heterocycles. The van der Waals surface area contributed by atoms with Crippen LogP contribution in [0.3, 0.4) is 0 Å². The molecule has 4 aromatic carbocycles. The molecule has 0 radical (unpaired) electrons. The molecule has 1 N–H and O–H groups in total. The van der Waals surface area contributed by atoms with Crippen molar-refractivity contribution in [3.05, 3.63) is 114 Å². The summed E-state index contributed by atoms with van der Waals surface area (Å²) in [7, 11) is 3.88. The maximum atomic E-state index is 12.9. The van der Waals surface area contributed by atoms with Crippen molar-refractivity contribution >= 4 is 23.3 Å². The Morgan fingerprint density at radius 1 is 0.864 bits per heavy atom. The number of anilines is 2. The van der Waals surface area contributed by atoms with Gasteiger partial charge in [0.15, 0.2) is 0 Å². The Kier molecular flexibility index (Phi) is 8.26. The van der Waals surface area contributed by atoms with Crippen LogP contribution in [-0.2, 0) is 11.0 Å². The smallest absolute Gasteiger partial charge is 0.407 e. The number of rotatable bonds is 7. The molecule has 0 atom stereocenters. The van der Waals surface area contributed by atoms with E-state index in [4.69, 9.17) is 9.84 Å². The van der Waals surface area contributed by atoms with Crippen LogP contribution in [0.25, 0.3) is 28.1 Å². The van der Waals surface area contributed by atoms with Gasteiger partial charge in [0.2, 0.25) is 5.88 Å². The quantitative estimate of drug-likeness (QED) is 0.194. The molecule has 0 bridgehead atoms. The lowest BCUT2D eigenvalue weighted by Gasteiger charge is -2.14. The first-order chi connectivity index (χ1) is 20.9. The van der Waals surface area contributed by atoms with Gasteiger partial charge in [-0.15, -0.1) is 0 Å². The van der Waals surface area contributed by atoms with Crippen molar-refractivity contribution < 1.29 is 27.5 Å². The number of hydrogen-bond donors (Lipinski definition) is 1. The fourth-order valence-corrected chi connectivity index (χ4v) is 4.70. The van der Waals surface area contributed by atoms with Crippen LogP contribution in [0.5, 0.6) is 5.88 Å². The Labute approximate surface area is 252 Å². The number of halogens is 3. The molecule has 224 valence electrons. The summed E-state index contributed by atoms with van der Waals surface area (Å²) < 4.78 is 46.1. The zero-order valence-corrected chi connectivity index (χ0v) is 24.4. The Morgan fingerprint density at radius 3 is 2.16 bits per heavy atom. The number of nitrogens with zero attached hydrogens (tertiary/aromatic N) is 3. The van der Waals surface area contributed by atoms with Gasteiger partial charge in [0.1, 0.15) is 5.69 Å². The molecule has 5 rings (SSSR count). The van der Waals surface area contributed by atoms with Crippen molar-refractivity contribution in [2.24, 2.45) is 0 Å². The zero-order chi connectivity index (χ0) is 31.6. The van der Waals surface area contributed by atoms with E-state index in [1.165, 1.54) is 6.92 Å². The number of carbonyl (C=O) groups is 2. The summed E-state index contributed by atoms with van der Waals surface area (Å²) >= 11 is 0. The molecule has 1 aromatic heterocycles. The van der Waals surface area contributed by atoms with Gasteiger partial charge in [0.05, 0.1) is 16.8 Å². The van der Waals surface area contributed by atoms with Crippen LogP contribution in [-0.4, -0.2) is 35.8 Å². The summed E-state index contributed by atoms with van der Waals surface area (Å²) in [5, 5.41) is 7.64. The zero-order valence-electron chi connectivity index (χ0n) is 24.4. The van der Waals surface area contributed by atoms with Crippen LogP contribution in [0.1, 0.15) is 28.4 Å². The van der Waals surface area contributed by atoms with Crippen LogP contribution in [0, 0.1) is 6.92 Å². The maximum Gasteiger partial charge on any atom is 0.416 e. The van der Waals surface area contributed by atoms with Gasteiger partial charge in [-0.3, -0.25) is 9.59 Å². The van der Waals surface area contributed by atoms with E-state index in [9.17, 15) is 22.8 Å². The van der Waals surface area contributed by atoms with Crippen molar-refractivity contribution in [1.82, 2.24) is 9.78 Å². The highest BCUT2D eigenvalue weighted by Gasteiger charge is 2.30. The second-order valence-corrected chi connectivity index (χ2v) is 10.4. The number of ether oxygens (including phenoxy) is 1. The van der Waals surface area contributed by atoms with Gasteiger partial charge in [-0.2, -0.15) is 23.0 Å². The summed E-state index contributed by atoms with van der Waals surface area (Å²) in [4.78, 5) is 27.1. The van der Waals surface area contributed by atoms with Gasteiger partial charge in [-0.25, -0.2) is 0 Å². The van der Waals surface area contributed by atoms with E-state index < -0.39 is 23.6 Å². The predicted octanol–water partition coefficient (Wildman–Crippen LogP) is 7.78. The molecule has 0 aliphatic rings. The van der Waals surface area contributed by atoms with Crippen molar-refractivity contribution in [3.8, 4) is 34.0 Å². The molecule has 0 saturated heterocycles. The monoisotopic (exact) mass is 598 g/mol. The van der Waals surface area contributed by atoms with Crippen LogP contribution in [0.2, 0.25) is 0 Å². The van der Waals surface area contributed by atoms with E-state index in [0.717, 1.165) is 41.1 Å². The average Bonchev–Trinajstić information content (AvgIpc) is 3.35. The Balaban J connectivity index is 1.57. The highest BCUT2D eigenvalue weighted by molar-refractivity contribution is 6.04. The SMILES string of the molecule is CC(=O)Oc1c(-c2ccc(NC(=O)c3ccc(C(F)(F)F)cc3)cc2)c(-c2cccc(N(C)C)c2)nn1-c1cccc(C)c1. The molecule has 0 fully saturated rings. The number of aromatic nitrogens is 2. The fourth-order valence-electron chi connectivity index (χ4n) is 4.70. The minimum atomic E-state index is -4.49. The summed E-state index contributed by atoms with van der Waals surface area (Å²) in [6, 6.07) is 26.3. The third kappa shape index (κ3) is 6.49. The lowest BCUT2D eigenvalue weighted by molar-refractivity contribution is -0.137. The summed E-state index contributed by atoms with van der Waals surface area (Å²) in [5.41, 5.74) is 4.94. The standard InChI is InChI=1S/C34H29F3N4O3/c1-21-7-5-10-29(19-21)41-33(44-22(2)42)30(31(39-41)25-8-6-9-28(20-25)40(3)4)23-13-17-27(18-14-23)38-32(43)24-11-15-26(16-12-24)34(35,36)37/h5-20H,1-4H3,(H,38,43).